The molecule has 0 bridgehead atoms. The number of benzene rings is 1. The van der Waals surface area contributed by atoms with Crippen LogP contribution in [0.25, 0.3) is 10.9 Å². The minimum atomic E-state index is -0.985. The molecule has 0 aliphatic heterocycles. The van der Waals surface area contributed by atoms with Crippen LogP contribution in [0.4, 0.5) is 17.2 Å². The summed E-state index contributed by atoms with van der Waals surface area (Å²) in [5.41, 5.74) is 9.02. The van der Waals surface area contributed by atoms with Gasteiger partial charge in [0.1, 0.15) is 11.4 Å². The third kappa shape index (κ3) is 3.98. The lowest BCUT2D eigenvalue weighted by atomic mass is 9.91. The van der Waals surface area contributed by atoms with E-state index in [1.54, 1.807) is 13.8 Å². The number of H-pyrrole nitrogens is 1. The van der Waals surface area contributed by atoms with Crippen LogP contribution in [0.5, 0.6) is 0 Å². The summed E-state index contributed by atoms with van der Waals surface area (Å²) in [7, 11) is 0. The van der Waals surface area contributed by atoms with Crippen LogP contribution < -0.4 is 16.4 Å². The molecule has 2 heterocycles. The molecule has 1 aliphatic rings. The van der Waals surface area contributed by atoms with Crippen LogP contribution in [-0.4, -0.2) is 27.2 Å². The first-order valence-corrected chi connectivity index (χ1v) is 10.0. The van der Waals surface area contributed by atoms with Gasteiger partial charge >= 0.3 is 0 Å². The number of nitrogens with zero attached hydrogens (tertiary/aromatic N) is 1. The molecule has 1 fully saturated rings. The highest BCUT2D eigenvalue weighted by molar-refractivity contribution is 5.96. The summed E-state index contributed by atoms with van der Waals surface area (Å²) in [4.78, 5) is 7.87. The predicted octanol–water partition coefficient (Wildman–Crippen LogP) is 4.22. The molecule has 4 rings (SSSR count). The molecular formula is C22H29N5O. The van der Waals surface area contributed by atoms with Crippen LogP contribution in [0.2, 0.25) is 0 Å². The maximum atomic E-state index is 10.3. The third-order valence-electron chi connectivity index (χ3n) is 5.48. The van der Waals surface area contributed by atoms with E-state index in [1.807, 2.05) is 30.5 Å². The maximum absolute atomic E-state index is 10.3. The van der Waals surface area contributed by atoms with E-state index in [2.05, 4.69) is 32.7 Å². The van der Waals surface area contributed by atoms with E-state index >= 15 is 0 Å². The second kappa shape index (κ2) is 7.45. The van der Waals surface area contributed by atoms with Crippen molar-refractivity contribution in [2.45, 2.75) is 57.2 Å². The van der Waals surface area contributed by atoms with Crippen molar-refractivity contribution >= 4 is 28.1 Å². The quantitative estimate of drug-likeness (QED) is 0.457. The normalized spacial score (nSPS) is 20.3. The molecule has 6 nitrogen and oxygen atoms in total. The minimum Gasteiger partial charge on any atom is -0.384 e. The monoisotopic (exact) mass is 379 g/mol. The molecule has 2 aromatic heterocycles. The molecule has 0 amide bonds. The zero-order valence-corrected chi connectivity index (χ0v) is 16.5. The molecule has 28 heavy (non-hydrogen) atoms. The molecule has 1 saturated carbocycles. The fraction of sp³-hybridized carbons (Fsp3) is 0.409. The Bertz CT molecular complexity index is 959. The smallest absolute Gasteiger partial charge is 0.130 e. The van der Waals surface area contributed by atoms with E-state index in [1.165, 1.54) is 12.8 Å². The van der Waals surface area contributed by atoms with Crippen LogP contribution in [0.15, 0.2) is 42.6 Å². The second-order valence-corrected chi connectivity index (χ2v) is 8.25. The number of anilines is 3. The van der Waals surface area contributed by atoms with Crippen LogP contribution >= 0.6 is 0 Å². The third-order valence-corrected chi connectivity index (χ3v) is 5.48. The Morgan fingerprint density at radius 3 is 2.79 bits per heavy atom. The fourth-order valence-electron chi connectivity index (χ4n) is 3.89. The van der Waals surface area contributed by atoms with Crippen molar-refractivity contribution < 1.29 is 5.11 Å². The molecule has 1 aliphatic carbocycles. The van der Waals surface area contributed by atoms with Crippen LogP contribution in [-0.2, 0) is 5.60 Å². The number of nitrogens with one attached hydrogen (secondary N) is 3. The molecule has 0 radical (unpaired) electrons. The zero-order chi connectivity index (χ0) is 19.7. The minimum absolute atomic E-state index is 0.189. The molecule has 1 aromatic carbocycles. The van der Waals surface area contributed by atoms with Gasteiger partial charge in [0.05, 0.1) is 11.4 Å². The predicted molar refractivity (Wildman–Crippen MR) is 115 cm³/mol. The first-order chi connectivity index (χ1) is 13.4. The average Bonchev–Trinajstić information content (AvgIpc) is 3.12. The molecule has 3 aromatic rings. The van der Waals surface area contributed by atoms with Gasteiger partial charge in [0.15, 0.2) is 0 Å². The second-order valence-electron chi connectivity index (χ2n) is 8.25. The highest BCUT2D eigenvalue weighted by Crippen LogP contribution is 2.31. The molecule has 0 spiro atoms. The number of rotatable bonds is 5. The summed E-state index contributed by atoms with van der Waals surface area (Å²) in [6.07, 6.45) is 6.54. The van der Waals surface area contributed by atoms with E-state index in [4.69, 9.17) is 5.73 Å². The lowest BCUT2D eigenvalue weighted by Gasteiger charge is -2.30. The molecule has 0 unspecified atom stereocenters. The lowest BCUT2D eigenvalue weighted by Crippen LogP contribution is -2.42. The van der Waals surface area contributed by atoms with Crippen LogP contribution in [0.3, 0.4) is 0 Å². The van der Waals surface area contributed by atoms with Crippen molar-refractivity contribution in [2.24, 2.45) is 5.73 Å². The van der Waals surface area contributed by atoms with Crippen molar-refractivity contribution in [2.75, 3.05) is 10.6 Å². The largest absolute Gasteiger partial charge is 0.384 e. The Hall–Kier alpha value is -2.57. The average molecular weight is 380 g/mol. The number of nitrogens with two attached hydrogens (primary N) is 1. The Morgan fingerprint density at radius 2 is 2.00 bits per heavy atom. The molecule has 2 atom stereocenters. The van der Waals surface area contributed by atoms with E-state index in [-0.39, 0.29) is 6.04 Å². The Kier molecular flexibility index (Phi) is 5.00. The first-order valence-electron chi connectivity index (χ1n) is 10.0. The SMILES string of the molecule is CC(C)(O)c1cccc(Nc2cc(N[C@@H]3CCCC[C@@H]3N)cc3[nH]ccc23)n1. The van der Waals surface area contributed by atoms with Gasteiger partial charge in [-0.3, -0.25) is 0 Å². The Balaban J connectivity index is 1.64. The maximum Gasteiger partial charge on any atom is 0.130 e. The van der Waals surface area contributed by atoms with E-state index in [0.29, 0.717) is 17.6 Å². The van der Waals surface area contributed by atoms with Gasteiger partial charge in [-0.05, 0) is 57.0 Å². The van der Waals surface area contributed by atoms with Gasteiger partial charge in [0.25, 0.3) is 0 Å². The van der Waals surface area contributed by atoms with Crippen LogP contribution in [0, 0.1) is 0 Å². The van der Waals surface area contributed by atoms with Gasteiger partial charge < -0.3 is 26.5 Å². The van der Waals surface area contributed by atoms with Crippen molar-refractivity contribution in [1.82, 2.24) is 9.97 Å². The number of aliphatic hydroxyl groups is 1. The highest BCUT2D eigenvalue weighted by Gasteiger charge is 2.22. The number of fused-ring (bicyclic) bond motifs is 1. The number of aromatic nitrogens is 2. The summed E-state index contributed by atoms with van der Waals surface area (Å²) in [5.74, 6) is 0.702. The van der Waals surface area contributed by atoms with Crippen molar-refractivity contribution in [3.63, 3.8) is 0 Å². The summed E-state index contributed by atoms with van der Waals surface area (Å²) in [6.45, 7) is 3.48. The fourth-order valence-corrected chi connectivity index (χ4v) is 3.89. The van der Waals surface area contributed by atoms with Crippen molar-refractivity contribution in [1.29, 1.82) is 0 Å². The summed E-state index contributed by atoms with van der Waals surface area (Å²) in [5, 5.41) is 18.4. The van der Waals surface area contributed by atoms with Crippen molar-refractivity contribution in [3.8, 4) is 0 Å². The van der Waals surface area contributed by atoms with Gasteiger partial charge in [0, 0.05) is 34.9 Å². The van der Waals surface area contributed by atoms with Gasteiger partial charge in [-0.15, -0.1) is 0 Å². The Morgan fingerprint density at radius 1 is 1.18 bits per heavy atom. The van der Waals surface area contributed by atoms with Gasteiger partial charge in [-0.2, -0.15) is 0 Å². The van der Waals surface area contributed by atoms with Gasteiger partial charge in [-0.25, -0.2) is 4.98 Å². The lowest BCUT2D eigenvalue weighted by molar-refractivity contribution is 0.0740. The van der Waals surface area contributed by atoms with E-state index in [9.17, 15) is 5.11 Å². The highest BCUT2D eigenvalue weighted by atomic mass is 16.3. The Labute approximate surface area is 165 Å². The number of pyridine rings is 1. The molecule has 148 valence electrons. The molecule has 0 saturated heterocycles. The van der Waals surface area contributed by atoms with Crippen LogP contribution in [0.1, 0.15) is 45.2 Å². The number of hydrogen-bond donors (Lipinski definition) is 5. The van der Waals surface area contributed by atoms with Gasteiger partial charge in [0.2, 0.25) is 0 Å². The summed E-state index contributed by atoms with van der Waals surface area (Å²) >= 11 is 0. The summed E-state index contributed by atoms with van der Waals surface area (Å²) in [6, 6.07) is 12.4. The molecule has 6 N–H and O–H groups in total. The number of hydrogen-bond acceptors (Lipinski definition) is 5. The molecular weight excluding hydrogens is 350 g/mol. The first kappa shape index (κ1) is 18.8. The van der Waals surface area contributed by atoms with E-state index in [0.717, 1.165) is 35.1 Å². The summed E-state index contributed by atoms with van der Waals surface area (Å²) < 4.78 is 0. The standard InChI is InChI=1S/C22H29N5O/c1-22(2,28)20-8-5-9-21(27-20)26-19-13-14(12-18-15(19)10-11-24-18)25-17-7-4-3-6-16(17)23/h5,8-13,16-17,24-25,28H,3-4,6-7,23H2,1-2H3,(H,26,27)/t16-,17+/m0/s1. The van der Waals surface area contributed by atoms with Crippen molar-refractivity contribution in [3.05, 3.63) is 48.3 Å². The van der Waals surface area contributed by atoms with Gasteiger partial charge in [-0.1, -0.05) is 18.9 Å². The molecule has 6 heteroatoms. The van der Waals surface area contributed by atoms with E-state index < -0.39 is 5.60 Å². The zero-order valence-electron chi connectivity index (χ0n) is 16.5. The number of aromatic amines is 1. The topological polar surface area (TPSA) is 99.0 Å².